The van der Waals surface area contributed by atoms with Crippen LogP contribution in [0.2, 0.25) is 0 Å². The first-order valence-electron chi connectivity index (χ1n) is 6.18. The number of aryl methyl sites for hydroxylation is 1. The van der Waals surface area contributed by atoms with Gasteiger partial charge in [0.15, 0.2) is 0 Å². The van der Waals surface area contributed by atoms with Gasteiger partial charge in [0.1, 0.15) is 5.71 Å². The number of rotatable bonds is 2. The molecule has 2 aromatic carbocycles. The summed E-state index contributed by atoms with van der Waals surface area (Å²) in [5.74, 6) is 6.11. The Balaban J connectivity index is 2.01. The molecule has 0 aromatic heterocycles. The monoisotopic (exact) mass is 248 g/mol. The molecule has 0 fully saturated rings. The highest BCUT2D eigenvalue weighted by Crippen LogP contribution is 2.04. The molecule has 0 saturated heterocycles. The van der Waals surface area contributed by atoms with Crippen molar-refractivity contribution >= 4 is 11.4 Å². The standard InChI is InChI=1S/C17H16N2/c1-14-8-11-16(12-9-14)13-10-15(2)18-19-17-6-4-3-5-7-17/h3-9,11-12,19H,1-2H3/b18-15+. The number of nitrogens with zero attached hydrogens (tertiary/aromatic N) is 1. The van der Waals surface area contributed by atoms with Gasteiger partial charge in [-0.1, -0.05) is 41.8 Å². The summed E-state index contributed by atoms with van der Waals surface area (Å²) < 4.78 is 0. The molecule has 0 radical (unpaired) electrons. The number of benzene rings is 2. The molecular formula is C17H16N2. The maximum atomic E-state index is 4.22. The van der Waals surface area contributed by atoms with Gasteiger partial charge in [-0.25, -0.2) is 0 Å². The molecule has 0 heterocycles. The molecule has 0 saturated carbocycles. The van der Waals surface area contributed by atoms with Crippen molar-refractivity contribution in [2.24, 2.45) is 5.10 Å². The highest BCUT2D eigenvalue weighted by atomic mass is 15.3. The fraction of sp³-hybridized carbons (Fsp3) is 0.118. The molecule has 2 nitrogen and oxygen atoms in total. The van der Waals surface area contributed by atoms with Crippen LogP contribution in [-0.4, -0.2) is 5.71 Å². The van der Waals surface area contributed by atoms with Gasteiger partial charge in [0.2, 0.25) is 0 Å². The number of hydrogen-bond acceptors (Lipinski definition) is 2. The molecule has 0 unspecified atom stereocenters. The van der Waals surface area contributed by atoms with Crippen molar-refractivity contribution in [2.45, 2.75) is 13.8 Å². The summed E-state index contributed by atoms with van der Waals surface area (Å²) in [7, 11) is 0. The Morgan fingerprint density at radius 1 is 1.00 bits per heavy atom. The molecule has 2 rings (SSSR count). The first kappa shape index (κ1) is 12.9. The SMILES string of the molecule is C/C(C#Cc1ccc(C)cc1)=N\Nc1ccccc1. The summed E-state index contributed by atoms with van der Waals surface area (Å²) in [5.41, 5.74) is 6.92. The second kappa shape index (κ2) is 6.42. The quantitative estimate of drug-likeness (QED) is 0.487. The summed E-state index contributed by atoms with van der Waals surface area (Å²) in [6.07, 6.45) is 0. The second-order valence-corrected chi connectivity index (χ2v) is 4.29. The van der Waals surface area contributed by atoms with Crippen molar-refractivity contribution in [1.29, 1.82) is 0 Å². The topological polar surface area (TPSA) is 24.4 Å². The van der Waals surface area contributed by atoms with Crippen LogP contribution >= 0.6 is 0 Å². The Hall–Kier alpha value is -2.53. The highest BCUT2D eigenvalue weighted by Gasteiger charge is 1.88. The molecule has 0 amide bonds. The minimum atomic E-state index is 0.754. The molecule has 0 aliphatic rings. The van der Waals surface area contributed by atoms with E-state index in [2.05, 4.69) is 41.4 Å². The van der Waals surface area contributed by atoms with Crippen LogP contribution in [0.15, 0.2) is 59.7 Å². The van der Waals surface area contributed by atoms with E-state index < -0.39 is 0 Å². The van der Waals surface area contributed by atoms with Crippen molar-refractivity contribution in [3.05, 3.63) is 65.7 Å². The van der Waals surface area contributed by atoms with Crippen molar-refractivity contribution in [3.63, 3.8) is 0 Å². The smallest absolute Gasteiger partial charge is 0.107 e. The van der Waals surface area contributed by atoms with Gasteiger partial charge in [-0.15, -0.1) is 0 Å². The molecule has 2 heteroatoms. The summed E-state index contributed by atoms with van der Waals surface area (Å²) in [5, 5.41) is 4.22. The number of nitrogens with one attached hydrogen (secondary N) is 1. The number of para-hydroxylation sites is 1. The molecule has 0 atom stereocenters. The van der Waals surface area contributed by atoms with Gasteiger partial charge in [0.25, 0.3) is 0 Å². The number of anilines is 1. The van der Waals surface area contributed by atoms with Crippen molar-refractivity contribution < 1.29 is 0 Å². The van der Waals surface area contributed by atoms with E-state index in [0.29, 0.717) is 0 Å². The van der Waals surface area contributed by atoms with Crippen molar-refractivity contribution in [1.82, 2.24) is 0 Å². The first-order valence-corrected chi connectivity index (χ1v) is 6.18. The van der Waals surface area contributed by atoms with Crippen LogP contribution in [0.1, 0.15) is 18.1 Å². The van der Waals surface area contributed by atoms with Gasteiger partial charge < -0.3 is 0 Å². The molecular weight excluding hydrogens is 232 g/mol. The summed E-state index contributed by atoms with van der Waals surface area (Å²) >= 11 is 0. The van der Waals surface area contributed by atoms with Crippen LogP contribution in [0, 0.1) is 18.8 Å². The van der Waals surface area contributed by atoms with Gasteiger partial charge in [-0.3, -0.25) is 5.43 Å². The van der Waals surface area contributed by atoms with E-state index in [-0.39, 0.29) is 0 Å². The molecule has 0 bridgehead atoms. The minimum absolute atomic E-state index is 0.754. The van der Waals surface area contributed by atoms with Crippen molar-refractivity contribution in [2.75, 3.05) is 5.43 Å². The van der Waals surface area contributed by atoms with Crippen LogP contribution in [0.25, 0.3) is 0 Å². The fourth-order valence-electron chi connectivity index (χ4n) is 1.49. The predicted molar refractivity (Wildman–Crippen MR) is 81.2 cm³/mol. The lowest BCUT2D eigenvalue weighted by atomic mass is 10.1. The average Bonchev–Trinajstić information content (AvgIpc) is 2.45. The lowest BCUT2D eigenvalue weighted by Gasteiger charge is -1.98. The van der Waals surface area contributed by atoms with Gasteiger partial charge in [-0.05, 0) is 44.0 Å². The van der Waals surface area contributed by atoms with Gasteiger partial charge in [0.05, 0.1) is 5.69 Å². The predicted octanol–water partition coefficient (Wildman–Crippen LogP) is 3.83. The van der Waals surface area contributed by atoms with Crippen LogP contribution in [0.4, 0.5) is 5.69 Å². The second-order valence-electron chi connectivity index (χ2n) is 4.29. The van der Waals surface area contributed by atoms with E-state index in [1.165, 1.54) is 5.56 Å². The Morgan fingerprint density at radius 2 is 1.68 bits per heavy atom. The molecule has 19 heavy (non-hydrogen) atoms. The normalized spacial score (nSPS) is 10.5. The Bertz CT molecular complexity index is 614. The third-order valence-corrected chi connectivity index (χ3v) is 2.57. The molecule has 94 valence electrons. The van der Waals surface area contributed by atoms with E-state index in [1.807, 2.05) is 49.4 Å². The van der Waals surface area contributed by atoms with Crippen molar-refractivity contribution in [3.8, 4) is 11.8 Å². The van der Waals surface area contributed by atoms with E-state index >= 15 is 0 Å². The van der Waals surface area contributed by atoms with Gasteiger partial charge in [0, 0.05) is 5.56 Å². The van der Waals surface area contributed by atoms with E-state index in [9.17, 15) is 0 Å². The molecule has 2 aromatic rings. The zero-order valence-electron chi connectivity index (χ0n) is 11.1. The largest absolute Gasteiger partial charge is 0.278 e. The van der Waals surface area contributed by atoms with Crippen LogP contribution < -0.4 is 5.43 Å². The third kappa shape index (κ3) is 4.33. The lowest BCUT2D eigenvalue weighted by Crippen LogP contribution is -1.94. The lowest BCUT2D eigenvalue weighted by molar-refractivity contribution is 1.33. The fourth-order valence-corrected chi connectivity index (χ4v) is 1.49. The minimum Gasteiger partial charge on any atom is -0.278 e. The maximum absolute atomic E-state index is 4.22. The Kier molecular flexibility index (Phi) is 4.36. The molecule has 0 spiro atoms. The molecule has 0 aliphatic carbocycles. The maximum Gasteiger partial charge on any atom is 0.107 e. The summed E-state index contributed by atoms with van der Waals surface area (Å²) in [4.78, 5) is 0. The summed E-state index contributed by atoms with van der Waals surface area (Å²) in [6, 6.07) is 18.0. The van der Waals surface area contributed by atoms with E-state index in [0.717, 1.165) is 17.0 Å². The molecule has 1 N–H and O–H groups in total. The zero-order chi connectivity index (χ0) is 13.5. The number of hydrazone groups is 1. The molecule has 0 aliphatic heterocycles. The van der Waals surface area contributed by atoms with Gasteiger partial charge >= 0.3 is 0 Å². The van der Waals surface area contributed by atoms with E-state index in [1.54, 1.807) is 0 Å². The average molecular weight is 248 g/mol. The highest BCUT2D eigenvalue weighted by molar-refractivity contribution is 5.99. The zero-order valence-corrected chi connectivity index (χ0v) is 11.1. The van der Waals surface area contributed by atoms with Crippen LogP contribution in [-0.2, 0) is 0 Å². The van der Waals surface area contributed by atoms with E-state index in [4.69, 9.17) is 0 Å². The van der Waals surface area contributed by atoms with Crippen LogP contribution in [0.3, 0.4) is 0 Å². The first-order chi connectivity index (χ1) is 9.24. The Morgan fingerprint density at radius 3 is 2.37 bits per heavy atom. The Labute approximate surface area is 114 Å². The van der Waals surface area contributed by atoms with Gasteiger partial charge in [-0.2, -0.15) is 5.10 Å². The summed E-state index contributed by atoms with van der Waals surface area (Å²) in [6.45, 7) is 3.95. The number of hydrogen-bond donors (Lipinski definition) is 1. The third-order valence-electron chi connectivity index (χ3n) is 2.57. The van der Waals surface area contributed by atoms with Crippen LogP contribution in [0.5, 0.6) is 0 Å².